The van der Waals surface area contributed by atoms with Gasteiger partial charge in [-0.25, -0.2) is 4.57 Å². The average molecular weight is 332 g/mol. The summed E-state index contributed by atoms with van der Waals surface area (Å²) in [5.74, 6) is 0.869. The van der Waals surface area contributed by atoms with Gasteiger partial charge in [-0.15, -0.1) is 0 Å². The summed E-state index contributed by atoms with van der Waals surface area (Å²) in [4.78, 5) is 0. The van der Waals surface area contributed by atoms with E-state index in [1.165, 1.54) is 0 Å². The van der Waals surface area contributed by atoms with Crippen molar-refractivity contribution in [2.75, 3.05) is 6.61 Å². The van der Waals surface area contributed by atoms with Gasteiger partial charge in [0.2, 0.25) is 0 Å². The molecule has 5 heteroatoms. The Hall–Kier alpha value is -2.03. The van der Waals surface area contributed by atoms with E-state index < -0.39 is 7.82 Å². The van der Waals surface area contributed by atoms with E-state index in [1.54, 1.807) is 48.5 Å². The summed E-state index contributed by atoms with van der Waals surface area (Å²) >= 11 is 0. The molecule has 0 aliphatic heterocycles. The van der Waals surface area contributed by atoms with E-state index in [1.807, 2.05) is 24.3 Å². The van der Waals surface area contributed by atoms with Crippen molar-refractivity contribution in [2.24, 2.45) is 0 Å². The SMILES string of the molecule is CCC/C=C/COP(=O)(Oc1ccccc1)Oc1ccccc1. The minimum Gasteiger partial charge on any atom is -0.395 e. The number of para-hydroxylation sites is 2. The first kappa shape index (κ1) is 17.3. The average Bonchev–Trinajstić information content (AvgIpc) is 2.56. The molecule has 0 bridgehead atoms. The van der Waals surface area contributed by atoms with Crippen LogP contribution >= 0.6 is 7.82 Å². The van der Waals surface area contributed by atoms with Crippen molar-refractivity contribution in [3.05, 3.63) is 72.8 Å². The maximum atomic E-state index is 12.9. The summed E-state index contributed by atoms with van der Waals surface area (Å²) in [6, 6.07) is 17.7. The third kappa shape index (κ3) is 6.31. The summed E-state index contributed by atoms with van der Waals surface area (Å²) in [5.41, 5.74) is 0. The smallest absolute Gasteiger partial charge is 0.395 e. The highest BCUT2D eigenvalue weighted by molar-refractivity contribution is 7.49. The summed E-state index contributed by atoms with van der Waals surface area (Å²) in [7, 11) is -3.76. The fraction of sp³-hybridized carbons (Fsp3) is 0.222. The van der Waals surface area contributed by atoms with E-state index >= 15 is 0 Å². The van der Waals surface area contributed by atoms with Crippen molar-refractivity contribution in [1.29, 1.82) is 0 Å². The van der Waals surface area contributed by atoms with E-state index in [0.717, 1.165) is 12.8 Å². The predicted molar refractivity (Wildman–Crippen MR) is 91.7 cm³/mol. The Morgan fingerprint density at radius 2 is 1.39 bits per heavy atom. The van der Waals surface area contributed by atoms with Crippen LogP contribution in [0.1, 0.15) is 19.8 Å². The zero-order valence-electron chi connectivity index (χ0n) is 13.1. The van der Waals surface area contributed by atoms with Crippen LogP contribution in [0.2, 0.25) is 0 Å². The first-order valence-corrected chi connectivity index (χ1v) is 9.07. The van der Waals surface area contributed by atoms with Crippen LogP contribution < -0.4 is 9.05 Å². The van der Waals surface area contributed by atoms with Crippen LogP contribution in [0.25, 0.3) is 0 Å². The summed E-state index contributed by atoms with van der Waals surface area (Å²) in [5, 5.41) is 0. The first-order chi connectivity index (χ1) is 11.2. The molecule has 2 aromatic rings. The third-order valence-electron chi connectivity index (χ3n) is 2.87. The van der Waals surface area contributed by atoms with Gasteiger partial charge in [0.15, 0.2) is 0 Å². The number of rotatable bonds is 9. The number of phosphoric acid groups is 1. The molecule has 0 spiro atoms. The number of unbranched alkanes of at least 4 members (excludes halogenated alkanes) is 1. The lowest BCUT2D eigenvalue weighted by molar-refractivity contribution is 0.229. The normalized spacial score (nSPS) is 11.5. The number of benzene rings is 2. The minimum atomic E-state index is -3.76. The largest absolute Gasteiger partial charge is 0.587 e. The van der Waals surface area contributed by atoms with Crippen molar-refractivity contribution in [3.63, 3.8) is 0 Å². The Balaban J connectivity index is 2.08. The molecule has 0 amide bonds. The topological polar surface area (TPSA) is 44.8 Å². The minimum absolute atomic E-state index is 0.164. The Labute approximate surface area is 137 Å². The third-order valence-corrected chi connectivity index (χ3v) is 4.21. The zero-order chi connectivity index (χ0) is 16.4. The van der Waals surface area contributed by atoms with Gasteiger partial charge in [-0.3, -0.25) is 4.52 Å². The molecular formula is C18H21O4P. The van der Waals surface area contributed by atoms with Gasteiger partial charge in [0.05, 0.1) is 6.61 Å². The maximum absolute atomic E-state index is 12.9. The van der Waals surface area contributed by atoms with Gasteiger partial charge in [-0.2, -0.15) is 0 Å². The Bertz CT molecular complexity index is 595. The van der Waals surface area contributed by atoms with E-state index in [9.17, 15) is 4.57 Å². The van der Waals surface area contributed by atoms with Gasteiger partial charge in [-0.1, -0.05) is 61.9 Å². The number of hydrogen-bond donors (Lipinski definition) is 0. The quantitative estimate of drug-likeness (QED) is 0.441. The number of phosphoric ester groups is 1. The second kappa shape index (κ2) is 9.19. The highest BCUT2D eigenvalue weighted by Gasteiger charge is 2.30. The van der Waals surface area contributed by atoms with Crippen LogP contribution in [-0.2, 0) is 9.09 Å². The van der Waals surface area contributed by atoms with Crippen LogP contribution in [0.4, 0.5) is 0 Å². The molecule has 4 nitrogen and oxygen atoms in total. The standard InChI is InChI=1S/C18H21O4P/c1-2-3-4-11-16-20-23(19,21-17-12-7-5-8-13-17)22-18-14-9-6-10-15-18/h4-15H,2-3,16H2,1H3/b11-4+. The summed E-state index contributed by atoms with van der Waals surface area (Å²) in [6.45, 7) is 2.25. The summed E-state index contributed by atoms with van der Waals surface area (Å²) in [6.07, 6.45) is 5.80. The highest BCUT2D eigenvalue weighted by Crippen LogP contribution is 2.49. The second-order valence-corrected chi connectivity index (χ2v) is 6.33. The molecule has 0 saturated carbocycles. The van der Waals surface area contributed by atoms with E-state index in [0.29, 0.717) is 11.5 Å². The molecule has 2 aromatic carbocycles. The van der Waals surface area contributed by atoms with Gasteiger partial charge >= 0.3 is 7.82 Å². The molecule has 23 heavy (non-hydrogen) atoms. The molecule has 0 radical (unpaired) electrons. The van der Waals surface area contributed by atoms with Crippen LogP contribution in [0.15, 0.2) is 72.8 Å². The predicted octanol–water partition coefficient (Wildman–Crippen LogP) is 5.63. The maximum Gasteiger partial charge on any atom is 0.587 e. The fourth-order valence-corrected chi connectivity index (χ4v) is 2.95. The lowest BCUT2D eigenvalue weighted by atomic mass is 10.3. The Morgan fingerprint density at radius 3 is 1.87 bits per heavy atom. The van der Waals surface area contributed by atoms with E-state index in [2.05, 4.69) is 6.92 Å². The highest BCUT2D eigenvalue weighted by atomic mass is 31.2. The van der Waals surface area contributed by atoms with Crippen LogP contribution in [-0.4, -0.2) is 6.61 Å². The molecule has 0 fully saturated rings. The van der Waals surface area contributed by atoms with Crippen molar-refractivity contribution in [3.8, 4) is 11.5 Å². The monoisotopic (exact) mass is 332 g/mol. The molecule has 122 valence electrons. The van der Waals surface area contributed by atoms with Gasteiger partial charge in [0.25, 0.3) is 0 Å². The summed E-state index contributed by atoms with van der Waals surface area (Å²) < 4.78 is 29.3. The van der Waals surface area contributed by atoms with Gasteiger partial charge in [0.1, 0.15) is 11.5 Å². The van der Waals surface area contributed by atoms with Crippen LogP contribution in [0, 0.1) is 0 Å². The molecule has 0 heterocycles. The van der Waals surface area contributed by atoms with Crippen molar-refractivity contribution in [2.45, 2.75) is 19.8 Å². The molecule has 0 saturated heterocycles. The molecular weight excluding hydrogens is 311 g/mol. The first-order valence-electron chi connectivity index (χ1n) is 7.61. The number of allylic oxidation sites excluding steroid dienone is 1. The molecule has 0 aliphatic carbocycles. The Morgan fingerprint density at radius 1 is 0.870 bits per heavy atom. The fourth-order valence-electron chi connectivity index (χ4n) is 1.78. The molecule has 0 atom stereocenters. The number of hydrogen-bond acceptors (Lipinski definition) is 4. The van der Waals surface area contributed by atoms with Crippen molar-refractivity contribution < 1.29 is 18.1 Å². The van der Waals surface area contributed by atoms with Crippen molar-refractivity contribution >= 4 is 7.82 Å². The van der Waals surface area contributed by atoms with Crippen LogP contribution in [0.5, 0.6) is 11.5 Å². The zero-order valence-corrected chi connectivity index (χ0v) is 14.0. The molecule has 2 rings (SSSR count). The van der Waals surface area contributed by atoms with Gasteiger partial charge < -0.3 is 9.05 Å². The van der Waals surface area contributed by atoms with Gasteiger partial charge in [-0.05, 0) is 30.7 Å². The molecule has 0 aromatic heterocycles. The molecule has 0 N–H and O–H groups in total. The lowest BCUT2D eigenvalue weighted by Crippen LogP contribution is -2.05. The van der Waals surface area contributed by atoms with E-state index in [4.69, 9.17) is 13.6 Å². The Kier molecular flexibility index (Phi) is 6.92. The van der Waals surface area contributed by atoms with E-state index in [-0.39, 0.29) is 6.61 Å². The van der Waals surface area contributed by atoms with Crippen molar-refractivity contribution in [1.82, 2.24) is 0 Å². The van der Waals surface area contributed by atoms with Crippen LogP contribution in [0.3, 0.4) is 0 Å². The molecule has 0 unspecified atom stereocenters. The molecule has 0 aliphatic rings. The lowest BCUT2D eigenvalue weighted by Gasteiger charge is -2.18. The van der Waals surface area contributed by atoms with Gasteiger partial charge in [0, 0.05) is 0 Å². The second-order valence-electron chi connectivity index (χ2n) is 4.81.